The van der Waals surface area contributed by atoms with Crippen LogP contribution in [0.5, 0.6) is 0 Å². The maximum Gasteiger partial charge on any atom is 0.503 e. The molecule has 1 saturated heterocycles. The van der Waals surface area contributed by atoms with E-state index in [0.29, 0.717) is 30.6 Å². The number of pyridine rings is 1. The molecule has 0 spiro atoms. The second kappa shape index (κ2) is 10.5. The van der Waals surface area contributed by atoms with Crippen molar-refractivity contribution in [2.24, 2.45) is 5.92 Å². The predicted octanol–water partition coefficient (Wildman–Crippen LogP) is 3.11. The van der Waals surface area contributed by atoms with Gasteiger partial charge in [-0.25, -0.2) is 9.78 Å². The van der Waals surface area contributed by atoms with Crippen LogP contribution < -0.4 is 9.62 Å². The van der Waals surface area contributed by atoms with Crippen molar-refractivity contribution in [1.82, 2.24) is 14.0 Å². The van der Waals surface area contributed by atoms with Gasteiger partial charge in [0.1, 0.15) is 5.82 Å². The first-order valence-electron chi connectivity index (χ1n) is 10.3. The van der Waals surface area contributed by atoms with E-state index in [0.717, 1.165) is 18.8 Å². The standard InChI is InChI=1S/C20H25ClN4O2S.CH2O3/c1-15-19(16-6-3-2-4-7-16)20(15)23-28(26,27)25-11-5-10-24(12-13-25)18-9-8-17(21)14-22-18;2-1(3)4/h2-4,6-9,14-15,19-20,23H,5,10-13H2,1H3;(H2,2,3,4)/t15-,19-,20+;/m1./s1. The molecular formula is C21H27ClN4O5S. The summed E-state index contributed by atoms with van der Waals surface area (Å²) in [6.07, 6.45) is 0.545. The zero-order valence-electron chi connectivity index (χ0n) is 17.6. The van der Waals surface area contributed by atoms with Crippen LogP contribution in [-0.2, 0) is 10.2 Å². The molecule has 2 aromatic rings. The zero-order valence-corrected chi connectivity index (χ0v) is 19.2. The molecule has 1 aliphatic heterocycles. The summed E-state index contributed by atoms with van der Waals surface area (Å²) in [4.78, 5) is 15.0. The van der Waals surface area contributed by atoms with Crippen LogP contribution in [0.1, 0.15) is 24.8 Å². The van der Waals surface area contributed by atoms with Gasteiger partial charge in [-0.1, -0.05) is 48.9 Å². The lowest BCUT2D eigenvalue weighted by Crippen LogP contribution is -2.44. The normalized spacial score (nSPS) is 23.6. The highest BCUT2D eigenvalue weighted by atomic mass is 35.5. The van der Waals surface area contributed by atoms with Gasteiger partial charge in [0.2, 0.25) is 0 Å². The summed E-state index contributed by atoms with van der Waals surface area (Å²) < 4.78 is 30.4. The van der Waals surface area contributed by atoms with Crippen LogP contribution in [0.4, 0.5) is 10.6 Å². The number of halogens is 1. The molecule has 1 aromatic carbocycles. The first kappa shape index (κ1) is 24.2. The minimum Gasteiger partial charge on any atom is -0.450 e. The number of rotatable bonds is 5. The molecule has 32 heavy (non-hydrogen) atoms. The van der Waals surface area contributed by atoms with E-state index in [1.807, 2.05) is 30.3 Å². The Kier molecular flexibility index (Phi) is 7.94. The SMILES string of the molecule is C[C@H]1[C@H](NS(=O)(=O)N2CCCN(c3ccc(Cl)cn3)CC2)[C@H]1c1ccccc1.O=C(O)O. The lowest BCUT2D eigenvalue weighted by Gasteiger charge is -2.23. The number of carboxylic acid groups (broad SMARTS) is 2. The van der Waals surface area contributed by atoms with Gasteiger partial charge in [-0.2, -0.15) is 17.4 Å². The highest BCUT2D eigenvalue weighted by molar-refractivity contribution is 7.87. The van der Waals surface area contributed by atoms with Crippen molar-refractivity contribution in [1.29, 1.82) is 0 Å². The van der Waals surface area contributed by atoms with Gasteiger partial charge in [0.15, 0.2) is 0 Å². The quantitative estimate of drug-likeness (QED) is 0.598. The van der Waals surface area contributed by atoms with Crippen LogP contribution in [0, 0.1) is 5.92 Å². The Hall–Kier alpha value is -2.40. The molecule has 0 radical (unpaired) electrons. The predicted molar refractivity (Wildman–Crippen MR) is 122 cm³/mol. The zero-order chi connectivity index (χ0) is 23.3. The maximum atomic E-state index is 13.0. The van der Waals surface area contributed by atoms with Gasteiger partial charge in [0.05, 0.1) is 5.02 Å². The van der Waals surface area contributed by atoms with Crippen LogP contribution in [0.15, 0.2) is 48.7 Å². The van der Waals surface area contributed by atoms with Crippen molar-refractivity contribution in [2.75, 3.05) is 31.1 Å². The Bertz CT molecular complexity index is 1000. The minimum absolute atomic E-state index is 0.0373. The average molecular weight is 483 g/mol. The molecule has 3 atom stereocenters. The molecule has 3 N–H and O–H groups in total. The highest BCUT2D eigenvalue weighted by Gasteiger charge is 2.50. The number of hydrogen-bond donors (Lipinski definition) is 3. The molecular weight excluding hydrogens is 456 g/mol. The second-order valence-corrected chi connectivity index (χ2v) is 9.94. The Morgan fingerprint density at radius 1 is 1.09 bits per heavy atom. The molecule has 11 heteroatoms. The molecule has 2 aliphatic rings. The van der Waals surface area contributed by atoms with Gasteiger partial charge in [0, 0.05) is 44.3 Å². The van der Waals surface area contributed by atoms with Crippen LogP contribution in [-0.4, -0.2) is 66.3 Å². The fourth-order valence-corrected chi connectivity index (χ4v) is 5.65. The molecule has 1 aliphatic carbocycles. The molecule has 4 rings (SSSR count). The highest BCUT2D eigenvalue weighted by Crippen LogP contribution is 2.47. The number of carbonyl (C=O) groups is 1. The van der Waals surface area contributed by atoms with Crippen LogP contribution in [0.25, 0.3) is 0 Å². The van der Waals surface area contributed by atoms with E-state index in [4.69, 9.17) is 26.6 Å². The van der Waals surface area contributed by atoms with E-state index in [-0.39, 0.29) is 12.0 Å². The van der Waals surface area contributed by atoms with Gasteiger partial charge < -0.3 is 15.1 Å². The summed E-state index contributed by atoms with van der Waals surface area (Å²) in [5.74, 6) is 1.38. The Morgan fingerprint density at radius 2 is 1.78 bits per heavy atom. The smallest absolute Gasteiger partial charge is 0.450 e. The fraction of sp³-hybridized carbons (Fsp3) is 0.429. The summed E-state index contributed by atoms with van der Waals surface area (Å²) in [6.45, 7) is 4.43. The molecule has 0 unspecified atom stereocenters. The molecule has 1 saturated carbocycles. The number of hydrogen-bond acceptors (Lipinski definition) is 5. The summed E-state index contributed by atoms with van der Waals surface area (Å²) >= 11 is 5.91. The van der Waals surface area contributed by atoms with Gasteiger partial charge in [-0.3, -0.25) is 0 Å². The molecule has 174 valence electrons. The third-order valence-corrected chi connectivity index (χ3v) is 7.52. The fourth-order valence-electron chi connectivity index (χ4n) is 3.99. The lowest BCUT2D eigenvalue weighted by molar-refractivity contribution is 0.137. The number of anilines is 1. The monoisotopic (exact) mass is 482 g/mol. The van der Waals surface area contributed by atoms with Crippen molar-refractivity contribution >= 4 is 33.8 Å². The minimum atomic E-state index is -3.51. The third kappa shape index (κ3) is 6.32. The molecule has 2 fully saturated rings. The summed E-state index contributed by atoms with van der Waals surface area (Å²) in [7, 11) is -3.51. The Morgan fingerprint density at radius 3 is 2.41 bits per heavy atom. The van der Waals surface area contributed by atoms with Crippen LogP contribution >= 0.6 is 11.6 Å². The largest absolute Gasteiger partial charge is 0.503 e. The molecule has 1 aromatic heterocycles. The summed E-state index contributed by atoms with van der Waals surface area (Å²) in [5, 5.41) is 14.5. The first-order valence-corrected chi connectivity index (χ1v) is 12.1. The van der Waals surface area contributed by atoms with Crippen molar-refractivity contribution in [3.8, 4) is 0 Å². The van der Waals surface area contributed by atoms with Crippen molar-refractivity contribution in [2.45, 2.75) is 25.3 Å². The molecule has 0 amide bonds. The Balaban J connectivity index is 0.000000668. The molecule has 2 heterocycles. The maximum absolute atomic E-state index is 13.0. The Labute approximate surface area is 192 Å². The van der Waals surface area contributed by atoms with E-state index in [9.17, 15) is 8.42 Å². The van der Waals surface area contributed by atoms with E-state index in [2.05, 4.69) is 33.7 Å². The topological polar surface area (TPSA) is 123 Å². The lowest BCUT2D eigenvalue weighted by atomic mass is 10.1. The van der Waals surface area contributed by atoms with E-state index < -0.39 is 16.4 Å². The van der Waals surface area contributed by atoms with Gasteiger partial charge in [0.25, 0.3) is 10.2 Å². The van der Waals surface area contributed by atoms with Crippen molar-refractivity contribution < 1.29 is 23.4 Å². The van der Waals surface area contributed by atoms with E-state index in [1.165, 1.54) is 5.56 Å². The van der Waals surface area contributed by atoms with Crippen LogP contribution in [0.2, 0.25) is 5.02 Å². The van der Waals surface area contributed by atoms with Crippen LogP contribution in [0.3, 0.4) is 0 Å². The number of aromatic nitrogens is 1. The molecule has 0 bridgehead atoms. The van der Waals surface area contributed by atoms with E-state index >= 15 is 0 Å². The average Bonchev–Trinajstić information content (AvgIpc) is 3.44. The van der Waals surface area contributed by atoms with Crippen molar-refractivity contribution in [3.63, 3.8) is 0 Å². The van der Waals surface area contributed by atoms with Gasteiger partial charge >= 0.3 is 6.16 Å². The third-order valence-electron chi connectivity index (χ3n) is 5.68. The van der Waals surface area contributed by atoms with Crippen molar-refractivity contribution in [3.05, 3.63) is 59.2 Å². The first-order chi connectivity index (χ1) is 15.2. The van der Waals surface area contributed by atoms with Gasteiger partial charge in [-0.15, -0.1) is 0 Å². The van der Waals surface area contributed by atoms with Gasteiger partial charge in [-0.05, 0) is 30.0 Å². The summed E-state index contributed by atoms with van der Waals surface area (Å²) in [5.41, 5.74) is 1.19. The number of nitrogens with zero attached hydrogens (tertiary/aromatic N) is 3. The molecule has 9 nitrogen and oxygen atoms in total. The van der Waals surface area contributed by atoms with E-state index in [1.54, 1.807) is 10.5 Å². The summed E-state index contributed by atoms with van der Waals surface area (Å²) in [6, 6.07) is 13.8. The second-order valence-electron chi connectivity index (χ2n) is 7.80. The number of benzene rings is 1. The number of nitrogens with one attached hydrogen (secondary N) is 1.